The van der Waals surface area contributed by atoms with Crippen LogP contribution in [0.3, 0.4) is 0 Å². The highest BCUT2D eigenvalue weighted by Gasteiger charge is 2.30. The molecule has 30 heteroatoms. The Labute approximate surface area is 665 Å². The average Bonchev–Trinajstić information content (AvgIpc) is 1.62. The van der Waals surface area contributed by atoms with Crippen LogP contribution in [0.25, 0.3) is 30.6 Å². The molecule has 15 rings (SSSR count). The summed E-state index contributed by atoms with van der Waals surface area (Å²) in [6.45, 7) is 15.3. The van der Waals surface area contributed by atoms with E-state index in [1.807, 2.05) is 20.8 Å². The third kappa shape index (κ3) is 21.9. The van der Waals surface area contributed by atoms with Crippen molar-refractivity contribution in [2.75, 3.05) is 88.4 Å². The number of aliphatic hydroxyl groups excluding tert-OH is 3. The molecule has 3 saturated carbocycles. The molecule has 604 valence electrons. The van der Waals surface area contributed by atoms with Crippen LogP contribution in [0.5, 0.6) is 17.2 Å². The van der Waals surface area contributed by atoms with Crippen LogP contribution >= 0.6 is 34.0 Å². The molecule has 3 aromatic carbocycles. The summed E-state index contributed by atoms with van der Waals surface area (Å²) < 4.78 is 60.7. The summed E-state index contributed by atoms with van der Waals surface area (Å²) in [5.74, 6) is 1.26. The van der Waals surface area contributed by atoms with Crippen molar-refractivity contribution in [3.05, 3.63) is 122 Å². The molecule has 6 fully saturated rings. The van der Waals surface area contributed by atoms with Gasteiger partial charge in [-0.05, 0) is 236 Å². The first-order valence-corrected chi connectivity index (χ1v) is 41.2. The van der Waals surface area contributed by atoms with Gasteiger partial charge in [0.25, 0.3) is 17.7 Å². The molecular weight excluding hydrogens is 1490 g/mol. The topological polar surface area (TPSA) is 299 Å². The second-order valence-electron chi connectivity index (χ2n) is 29.7. The summed E-state index contributed by atoms with van der Waals surface area (Å²) in [5, 5.41) is 51.3. The summed E-state index contributed by atoms with van der Waals surface area (Å²) in [6, 6.07) is 13.2. The van der Waals surface area contributed by atoms with Crippen molar-refractivity contribution in [3.8, 4) is 17.2 Å². The molecule has 112 heavy (non-hydrogen) atoms. The first-order chi connectivity index (χ1) is 53.3. The molecule has 0 unspecified atom stereocenters. The standard InChI is InChI=1S/2C27H34FN5O3S.C26H32FN5O3S.2CH4/c1-17-23-25(32-21-9-8-18(28)14-22(21)36-20-7-4-6-19(34)15-20)30-16-31-27(23)37-24(17)26(35)29-10-5-13-33-11-2-3-12-33;1-17-23-25(32-21-10-5-18(28)15-22(21)36-20-8-6-19(34)7-9-20)30-16-31-27(23)37-24(17)26(35)29-11-14-33-12-3-2-4-13-33;1-15-22-24(31-20-7-6-16(27)12-21(20)35-19-5-3-4-18(33)13-19)28-14-29-26(22)36-23(15)25(34)30-17-8-10-32(2)11-9-17;;/h8-9,14,16,19-20,34H,2-7,10-13,15H2,1H3,(H,29,35)(H,30,31,32);5,10,15-16,19-20,34H,2-4,6-9,11-14H2,1H3,(H,29,35)(H,30,31,32);6-7,12,14,17-19,33H,3-5,8-11,13H2,1-2H3,(H,30,34)(H,28,29,31);2*1H4/t19-,20-;;18-,19-;;/m0.0../s1. The monoisotopic (exact) mass is 1600 g/mol. The van der Waals surface area contributed by atoms with Crippen molar-refractivity contribution < 1.29 is 57.1 Å². The molecule has 6 aliphatic rings. The number of likely N-dealkylation sites (tertiary alicyclic amines) is 3. The predicted octanol–water partition coefficient (Wildman–Crippen LogP) is 15.2. The quantitative estimate of drug-likeness (QED) is 0.0269. The Balaban J connectivity index is 0.000000165. The number of carbonyl (C=O) groups is 3. The molecule has 4 atom stereocenters. The summed E-state index contributed by atoms with van der Waals surface area (Å²) in [5.41, 5.74) is 4.15. The number of anilines is 6. The zero-order valence-corrected chi connectivity index (χ0v) is 65.3. The summed E-state index contributed by atoms with van der Waals surface area (Å²) in [4.78, 5) is 76.7. The Morgan fingerprint density at radius 1 is 0.455 bits per heavy atom. The molecular formula is C82H108F3N15O9S3. The molecule has 9 heterocycles. The lowest BCUT2D eigenvalue weighted by molar-refractivity contribution is 0.0534. The zero-order valence-electron chi connectivity index (χ0n) is 62.9. The normalized spacial score (nSPS) is 20.4. The lowest BCUT2D eigenvalue weighted by atomic mass is 9.95. The molecule has 0 radical (unpaired) electrons. The van der Waals surface area contributed by atoms with E-state index >= 15 is 0 Å². The van der Waals surface area contributed by atoms with E-state index in [1.165, 1.54) is 121 Å². The molecule has 0 bridgehead atoms. The fraction of sp³-hybridized carbons (Fsp3) is 0.524. The van der Waals surface area contributed by atoms with Crippen LogP contribution in [0, 0.1) is 38.2 Å². The molecule has 9 N–H and O–H groups in total. The van der Waals surface area contributed by atoms with Crippen LogP contribution in [0.2, 0.25) is 0 Å². The summed E-state index contributed by atoms with van der Waals surface area (Å²) in [6.07, 6.45) is 20.6. The fourth-order valence-corrected chi connectivity index (χ4v) is 18.5. The van der Waals surface area contributed by atoms with Crippen molar-refractivity contribution in [1.29, 1.82) is 0 Å². The minimum atomic E-state index is -0.403. The number of hydrogen-bond donors (Lipinski definition) is 9. The SMILES string of the molecule is C.C.Cc1c(C(=O)NC2CCN(C)CC2)sc2ncnc(Nc3ccc(F)cc3O[C@H]3CCC[C@H](O)C3)c12.Cc1c(C(=O)NCCCN2CCCC2)sc2ncnc(Nc3ccc(F)cc3O[C@H]3CCC[C@H](O)C3)c12.Cc1c(C(=O)NCCN2CCCCC2)sc2ncnc(Nc3ccc(F)cc3OC3CCC(O)CC3)c12. The minimum absolute atomic E-state index is 0. The maximum Gasteiger partial charge on any atom is 0.261 e. The second kappa shape index (κ2) is 40.0. The van der Waals surface area contributed by atoms with Crippen LogP contribution in [0.4, 0.5) is 47.7 Å². The largest absolute Gasteiger partial charge is 0.488 e. The van der Waals surface area contributed by atoms with Gasteiger partial charge in [-0.25, -0.2) is 43.1 Å². The Bertz CT molecular complexity index is 4640. The summed E-state index contributed by atoms with van der Waals surface area (Å²) >= 11 is 4.04. The molecule has 24 nitrogen and oxygen atoms in total. The van der Waals surface area contributed by atoms with E-state index in [2.05, 4.69) is 83.6 Å². The van der Waals surface area contributed by atoms with Gasteiger partial charge in [0.05, 0.1) is 72.3 Å². The minimum Gasteiger partial charge on any atom is -0.488 e. The molecule has 9 aromatic rings. The highest BCUT2D eigenvalue weighted by Crippen LogP contribution is 2.42. The van der Waals surface area contributed by atoms with Crippen LogP contribution in [0.1, 0.15) is 189 Å². The van der Waals surface area contributed by atoms with Gasteiger partial charge < -0.3 is 76.1 Å². The molecule has 3 aliphatic carbocycles. The van der Waals surface area contributed by atoms with E-state index in [0.29, 0.717) is 120 Å². The third-order valence-electron chi connectivity index (χ3n) is 21.5. The Hall–Kier alpha value is -8.46. The van der Waals surface area contributed by atoms with Gasteiger partial charge in [0.1, 0.15) is 97.8 Å². The number of fused-ring (bicyclic) bond motifs is 3. The lowest BCUT2D eigenvalue weighted by Crippen LogP contribution is -2.43. The van der Waals surface area contributed by atoms with E-state index in [-0.39, 0.29) is 68.8 Å². The fourth-order valence-electron chi connectivity index (χ4n) is 15.4. The number of aryl methyl sites for hydroxylation is 3. The molecule has 6 aromatic heterocycles. The Morgan fingerprint density at radius 3 is 1.28 bits per heavy atom. The molecule has 0 spiro atoms. The van der Waals surface area contributed by atoms with E-state index < -0.39 is 23.8 Å². The van der Waals surface area contributed by atoms with Crippen LogP contribution < -0.4 is 46.1 Å². The van der Waals surface area contributed by atoms with Gasteiger partial charge in [-0.15, -0.1) is 34.0 Å². The number of hydrogen-bond acceptors (Lipinski definition) is 24. The van der Waals surface area contributed by atoms with Gasteiger partial charge in [0.15, 0.2) is 0 Å². The van der Waals surface area contributed by atoms with Gasteiger partial charge in [-0.1, -0.05) is 21.3 Å². The van der Waals surface area contributed by atoms with Crippen molar-refractivity contribution in [2.45, 2.75) is 207 Å². The number of benzene rings is 3. The van der Waals surface area contributed by atoms with E-state index in [9.17, 15) is 42.9 Å². The number of amides is 3. The molecule has 3 amide bonds. The number of halogens is 3. The average molecular weight is 1600 g/mol. The van der Waals surface area contributed by atoms with Gasteiger partial charge in [0.2, 0.25) is 0 Å². The lowest BCUT2D eigenvalue weighted by Gasteiger charge is -2.29. The molecule has 3 aliphatic heterocycles. The number of aromatic nitrogens is 6. The van der Waals surface area contributed by atoms with Gasteiger partial charge in [-0.2, -0.15) is 0 Å². The van der Waals surface area contributed by atoms with Gasteiger partial charge in [-0.3, -0.25) is 14.4 Å². The smallest absolute Gasteiger partial charge is 0.261 e. The first-order valence-electron chi connectivity index (χ1n) is 38.8. The van der Waals surface area contributed by atoms with Gasteiger partial charge >= 0.3 is 0 Å². The molecule has 3 saturated heterocycles. The third-order valence-corrected chi connectivity index (χ3v) is 25.1. The van der Waals surface area contributed by atoms with Crippen molar-refractivity contribution in [3.63, 3.8) is 0 Å². The number of piperidine rings is 2. The van der Waals surface area contributed by atoms with Crippen LogP contribution in [-0.4, -0.2) is 193 Å². The summed E-state index contributed by atoms with van der Waals surface area (Å²) in [7, 11) is 2.09. The number of aliphatic hydroxyl groups is 3. The maximum absolute atomic E-state index is 14.1. The maximum atomic E-state index is 14.1. The first kappa shape index (κ1) is 84.4. The highest BCUT2D eigenvalue weighted by molar-refractivity contribution is 7.21. The second-order valence-corrected chi connectivity index (χ2v) is 32.7. The number of ether oxygens (including phenoxy) is 3. The highest BCUT2D eigenvalue weighted by atomic mass is 32.1. The van der Waals surface area contributed by atoms with E-state index in [0.717, 1.165) is 156 Å². The van der Waals surface area contributed by atoms with Crippen molar-refractivity contribution >= 4 is 117 Å². The van der Waals surface area contributed by atoms with Crippen LogP contribution in [-0.2, 0) is 0 Å². The number of thiophene rings is 3. The Kier molecular flexibility index (Phi) is 30.2. The van der Waals surface area contributed by atoms with Gasteiger partial charge in [0, 0.05) is 56.7 Å². The van der Waals surface area contributed by atoms with Crippen molar-refractivity contribution in [1.82, 2.24) is 60.6 Å². The number of carbonyl (C=O) groups excluding carboxylic acids is 3. The number of nitrogens with zero attached hydrogens (tertiary/aromatic N) is 9. The number of rotatable bonds is 23. The van der Waals surface area contributed by atoms with E-state index in [4.69, 9.17) is 14.2 Å². The van der Waals surface area contributed by atoms with Crippen molar-refractivity contribution in [2.24, 2.45) is 0 Å². The predicted molar refractivity (Wildman–Crippen MR) is 439 cm³/mol. The Morgan fingerprint density at radius 2 is 0.848 bits per heavy atom. The zero-order chi connectivity index (χ0) is 76.8. The number of nitrogens with one attached hydrogen (secondary N) is 6. The van der Waals surface area contributed by atoms with Crippen LogP contribution in [0.15, 0.2) is 73.6 Å². The van der Waals surface area contributed by atoms with E-state index in [1.54, 1.807) is 18.2 Å².